The number of benzene rings is 1. The molecule has 21 heavy (non-hydrogen) atoms. The largest absolute Gasteiger partial charge is 0.396 e. The van der Waals surface area contributed by atoms with E-state index in [9.17, 15) is 10.2 Å². The molecule has 0 radical (unpaired) electrons. The van der Waals surface area contributed by atoms with Gasteiger partial charge in [-0.25, -0.2) is 0 Å². The number of para-hydroxylation sites is 1. The molecule has 0 saturated heterocycles. The van der Waals surface area contributed by atoms with Crippen molar-refractivity contribution in [1.82, 2.24) is 4.98 Å². The van der Waals surface area contributed by atoms with Crippen LogP contribution >= 0.6 is 0 Å². The van der Waals surface area contributed by atoms with Gasteiger partial charge in [0.05, 0.1) is 24.4 Å². The van der Waals surface area contributed by atoms with Crippen molar-refractivity contribution in [3.8, 4) is 0 Å². The van der Waals surface area contributed by atoms with Crippen molar-refractivity contribution in [3.05, 3.63) is 35.5 Å². The zero-order valence-corrected chi connectivity index (χ0v) is 13.2. The van der Waals surface area contributed by atoms with Crippen molar-refractivity contribution in [2.75, 3.05) is 31.7 Å². The van der Waals surface area contributed by atoms with Crippen LogP contribution in [0.2, 0.25) is 0 Å². The van der Waals surface area contributed by atoms with E-state index < -0.39 is 5.41 Å². The molecule has 0 amide bonds. The predicted molar refractivity (Wildman–Crippen MR) is 86.8 cm³/mol. The van der Waals surface area contributed by atoms with Gasteiger partial charge in [0.15, 0.2) is 0 Å². The summed E-state index contributed by atoms with van der Waals surface area (Å²) in [5, 5.41) is 20.1. The van der Waals surface area contributed by atoms with Crippen molar-refractivity contribution in [1.29, 1.82) is 0 Å². The van der Waals surface area contributed by atoms with Crippen LogP contribution in [0.4, 0.5) is 5.69 Å². The highest BCUT2D eigenvalue weighted by atomic mass is 16.3. The Morgan fingerprint density at radius 2 is 1.76 bits per heavy atom. The van der Waals surface area contributed by atoms with Crippen molar-refractivity contribution < 1.29 is 10.2 Å². The third-order valence-electron chi connectivity index (χ3n) is 4.11. The van der Waals surface area contributed by atoms with Gasteiger partial charge in [-0.15, -0.1) is 0 Å². The standard InChI is InChI=1S/C17H24N2O2/c1-12-13(2)18-15-8-6-5-7-14(15)16(12)19(4)9-17(3,10-20)11-21/h5-8,20-21H,9-11H2,1-4H3. The molecule has 1 aromatic heterocycles. The van der Waals surface area contributed by atoms with E-state index in [4.69, 9.17) is 0 Å². The SMILES string of the molecule is Cc1nc2ccccc2c(N(C)CC(C)(CO)CO)c1C. The van der Waals surface area contributed by atoms with Gasteiger partial charge in [0.2, 0.25) is 0 Å². The van der Waals surface area contributed by atoms with Crippen molar-refractivity contribution in [2.45, 2.75) is 20.8 Å². The quantitative estimate of drug-likeness (QED) is 0.886. The Kier molecular flexibility index (Phi) is 4.49. The summed E-state index contributed by atoms with van der Waals surface area (Å²) in [5.41, 5.74) is 3.70. The van der Waals surface area contributed by atoms with E-state index in [0.29, 0.717) is 6.54 Å². The number of fused-ring (bicyclic) bond motifs is 1. The highest BCUT2D eigenvalue weighted by molar-refractivity contribution is 5.93. The van der Waals surface area contributed by atoms with Crippen LogP contribution in [0.3, 0.4) is 0 Å². The Morgan fingerprint density at radius 3 is 2.38 bits per heavy atom. The third kappa shape index (κ3) is 3.01. The van der Waals surface area contributed by atoms with E-state index in [1.165, 1.54) is 0 Å². The van der Waals surface area contributed by atoms with Crippen molar-refractivity contribution in [2.24, 2.45) is 5.41 Å². The number of aliphatic hydroxyl groups excluding tert-OH is 2. The molecule has 4 heteroatoms. The molecule has 4 nitrogen and oxygen atoms in total. The maximum atomic E-state index is 9.52. The molecular weight excluding hydrogens is 264 g/mol. The van der Waals surface area contributed by atoms with Gasteiger partial charge in [-0.3, -0.25) is 4.98 Å². The highest BCUT2D eigenvalue weighted by Gasteiger charge is 2.26. The van der Waals surface area contributed by atoms with E-state index in [-0.39, 0.29) is 13.2 Å². The normalized spacial score (nSPS) is 11.9. The molecule has 1 aromatic carbocycles. The van der Waals surface area contributed by atoms with Crippen LogP contribution in [0, 0.1) is 19.3 Å². The lowest BCUT2D eigenvalue weighted by Crippen LogP contribution is -2.39. The summed E-state index contributed by atoms with van der Waals surface area (Å²) < 4.78 is 0. The Morgan fingerprint density at radius 1 is 1.14 bits per heavy atom. The molecule has 2 rings (SSSR count). The Balaban J connectivity index is 2.52. The molecule has 0 spiro atoms. The molecular formula is C17H24N2O2. The molecule has 1 heterocycles. The zero-order chi connectivity index (χ0) is 15.6. The van der Waals surface area contributed by atoms with Gasteiger partial charge in [-0.05, 0) is 25.5 Å². The molecule has 0 fully saturated rings. The molecule has 0 unspecified atom stereocenters. The van der Waals surface area contributed by atoms with Gasteiger partial charge in [-0.1, -0.05) is 25.1 Å². The monoisotopic (exact) mass is 288 g/mol. The lowest BCUT2D eigenvalue weighted by Gasteiger charge is -2.33. The van der Waals surface area contributed by atoms with Gasteiger partial charge >= 0.3 is 0 Å². The Hall–Kier alpha value is -1.65. The van der Waals surface area contributed by atoms with E-state index in [0.717, 1.165) is 27.8 Å². The molecule has 0 bridgehead atoms. The molecule has 0 aliphatic rings. The summed E-state index contributed by atoms with van der Waals surface area (Å²) in [7, 11) is 2.00. The van der Waals surface area contributed by atoms with Gasteiger partial charge in [0.25, 0.3) is 0 Å². The smallest absolute Gasteiger partial charge is 0.0726 e. The maximum absolute atomic E-state index is 9.52. The predicted octanol–water partition coefficient (Wildman–Crippen LogP) is 2.28. The molecule has 0 aliphatic carbocycles. The summed E-state index contributed by atoms with van der Waals surface area (Å²) in [4.78, 5) is 6.74. The third-order valence-corrected chi connectivity index (χ3v) is 4.11. The first-order valence-corrected chi connectivity index (χ1v) is 7.20. The minimum atomic E-state index is -0.528. The molecule has 2 aromatic rings. The van der Waals surface area contributed by atoms with Gasteiger partial charge in [0.1, 0.15) is 0 Å². The van der Waals surface area contributed by atoms with Crippen LogP contribution in [-0.2, 0) is 0 Å². The number of aryl methyl sites for hydroxylation is 1. The second-order valence-electron chi connectivity index (χ2n) is 6.17. The second kappa shape index (κ2) is 6.00. The number of pyridine rings is 1. The van der Waals surface area contributed by atoms with E-state index in [1.807, 2.05) is 39.1 Å². The lowest BCUT2D eigenvalue weighted by molar-refractivity contribution is 0.0763. The van der Waals surface area contributed by atoms with E-state index in [1.54, 1.807) is 0 Å². The van der Waals surface area contributed by atoms with Crippen LogP contribution in [0.15, 0.2) is 24.3 Å². The minimum absolute atomic E-state index is 0.0467. The zero-order valence-electron chi connectivity index (χ0n) is 13.2. The van der Waals surface area contributed by atoms with Crippen molar-refractivity contribution in [3.63, 3.8) is 0 Å². The first kappa shape index (κ1) is 15.7. The molecule has 0 saturated carbocycles. The van der Waals surface area contributed by atoms with Gasteiger partial charge < -0.3 is 15.1 Å². The fourth-order valence-corrected chi connectivity index (χ4v) is 2.70. The number of hydrogen-bond donors (Lipinski definition) is 2. The second-order valence-corrected chi connectivity index (χ2v) is 6.17. The minimum Gasteiger partial charge on any atom is -0.396 e. The summed E-state index contributed by atoms with van der Waals surface area (Å²) in [6, 6.07) is 8.07. The summed E-state index contributed by atoms with van der Waals surface area (Å²) in [6.45, 7) is 6.44. The molecule has 0 atom stereocenters. The number of aliphatic hydroxyl groups is 2. The van der Waals surface area contributed by atoms with Crippen LogP contribution in [0.25, 0.3) is 10.9 Å². The average Bonchev–Trinajstić information content (AvgIpc) is 2.48. The molecule has 2 N–H and O–H groups in total. The van der Waals surface area contributed by atoms with Gasteiger partial charge in [-0.2, -0.15) is 0 Å². The highest BCUT2D eigenvalue weighted by Crippen LogP contribution is 2.32. The molecule has 114 valence electrons. The fourth-order valence-electron chi connectivity index (χ4n) is 2.70. The number of rotatable bonds is 5. The van der Waals surface area contributed by atoms with E-state index in [2.05, 4.69) is 22.9 Å². The van der Waals surface area contributed by atoms with Crippen LogP contribution in [0.5, 0.6) is 0 Å². The number of nitrogens with zero attached hydrogens (tertiary/aromatic N) is 2. The first-order chi connectivity index (χ1) is 9.91. The van der Waals surface area contributed by atoms with Crippen molar-refractivity contribution >= 4 is 16.6 Å². The Labute approximate surface area is 126 Å². The summed E-state index contributed by atoms with van der Waals surface area (Å²) >= 11 is 0. The first-order valence-electron chi connectivity index (χ1n) is 7.20. The maximum Gasteiger partial charge on any atom is 0.0726 e. The summed E-state index contributed by atoms with van der Waals surface area (Å²) in [6.07, 6.45) is 0. The number of hydrogen-bond acceptors (Lipinski definition) is 4. The fraction of sp³-hybridized carbons (Fsp3) is 0.471. The topological polar surface area (TPSA) is 56.6 Å². The van der Waals surface area contributed by atoms with E-state index >= 15 is 0 Å². The van der Waals surface area contributed by atoms with Gasteiger partial charge in [0, 0.05) is 30.1 Å². The number of anilines is 1. The molecule has 0 aliphatic heterocycles. The Bertz CT molecular complexity index is 636. The van der Waals surface area contributed by atoms with Crippen LogP contribution in [0.1, 0.15) is 18.2 Å². The van der Waals surface area contributed by atoms with Crippen LogP contribution < -0.4 is 4.90 Å². The number of aromatic nitrogens is 1. The lowest BCUT2D eigenvalue weighted by atomic mass is 9.91. The van der Waals surface area contributed by atoms with Crippen LogP contribution in [-0.4, -0.2) is 42.0 Å². The average molecular weight is 288 g/mol. The summed E-state index contributed by atoms with van der Waals surface area (Å²) in [5.74, 6) is 0.